The molecule has 0 radical (unpaired) electrons. The molecule has 118 valence electrons. The monoisotopic (exact) mass is 313 g/mol. The molecule has 2 nitrogen and oxygen atoms in total. The van der Waals surface area contributed by atoms with E-state index in [0.717, 1.165) is 11.3 Å². The summed E-state index contributed by atoms with van der Waals surface area (Å²) in [4.78, 5) is 0. The number of rotatable bonds is 3. The second kappa shape index (κ2) is 5.89. The first kappa shape index (κ1) is 14.6. The quantitative estimate of drug-likeness (QED) is 0.479. The van der Waals surface area contributed by atoms with Crippen LogP contribution >= 0.6 is 0 Å². The molecular weight excluding hydrogens is 294 g/mol. The Balaban J connectivity index is 2.00. The first-order chi connectivity index (χ1) is 11.8. The van der Waals surface area contributed by atoms with Crippen molar-refractivity contribution in [1.29, 1.82) is 0 Å². The molecule has 0 aliphatic heterocycles. The molecule has 0 fully saturated rings. The lowest BCUT2D eigenvalue weighted by molar-refractivity contribution is 0.412. The molecule has 0 unspecified atom stereocenters. The van der Waals surface area contributed by atoms with Crippen molar-refractivity contribution in [2.24, 2.45) is 0 Å². The van der Waals surface area contributed by atoms with Gasteiger partial charge in [-0.2, -0.15) is 0 Å². The molecule has 0 saturated carbocycles. The number of para-hydroxylation sites is 2. The molecule has 0 aliphatic rings. The summed E-state index contributed by atoms with van der Waals surface area (Å²) in [7, 11) is 1.71. The van der Waals surface area contributed by atoms with Crippen LogP contribution in [0.4, 0.5) is 0 Å². The minimum absolute atomic E-state index is 0.918. The average Bonchev–Trinajstić information content (AvgIpc) is 3.02. The largest absolute Gasteiger partial charge is 0.496 e. The number of methoxy groups -OCH3 is 1. The molecule has 0 spiro atoms. The summed E-state index contributed by atoms with van der Waals surface area (Å²) in [6.07, 6.45) is 0. The zero-order valence-electron chi connectivity index (χ0n) is 13.9. The Morgan fingerprint density at radius 3 is 2.29 bits per heavy atom. The molecule has 0 bridgehead atoms. The summed E-state index contributed by atoms with van der Waals surface area (Å²) < 4.78 is 7.72. The number of ether oxygens (including phenoxy) is 1. The van der Waals surface area contributed by atoms with Crippen molar-refractivity contribution < 1.29 is 4.74 Å². The smallest absolute Gasteiger partial charge is 0.121 e. The zero-order valence-corrected chi connectivity index (χ0v) is 13.9. The van der Waals surface area contributed by atoms with Gasteiger partial charge in [0.2, 0.25) is 0 Å². The van der Waals surface area contributed by atoms with Gasteiger partial charge in [-0.05, 0) is 60.5 Å². The summed E-state index contributed by atoms with van der Waals surface area (Å²) in [5.41, 5.74) is 5.90. The van der Waals surface area contributed by atoms with Crippen molar-refractivity contribution in [2.45, 2.75) is 6.92 Å². The third-order valence-corrected chi connectivity index (χ3v) is 4.42. The summed E-state index contributed by atoms with van der Waals surface area (Å²) in [5.74, 6) is 0.918. The molecule has 3 aromatic carbocycles. The van der Waals surface area contributed by atoms with E-state index in [1.165, 1.54) is 27.8 Å². The summed E-state index contributed by atoms with van der Waals surface area (Å²) >= 11 is 0. The number of aryl methyl sites for hydroxylation is 1. The van der Waals surface area contributed by atoms with Crippen molar-refractivity contribution >= 4 is 10.9 Å². The van der Waals surface area contributed by atoms with Crippen LogP contribution in [0.25, 0.3) is 27.8 Å². The number of benzene rings is 3. The van der Waals surface area contributed by atoms with Gasteiger partial charge in [-0.15, -0.1) is 0 Å². The maximum atomic E-state index is 5.40. The molecule has 1 aromatic heterocycles. The standard InChI is InChI=1S/C22H19NO/c1-16-14-18(12-13-22(16)24-2)21-15-17-8-6-7-11-20(17)23(21)19-9-4-3-5-10-19/h3-15H,1-2H3. The Morgan fingerprint density at radius 2 is 1.54 bits per heavy atom. The van der Waals surface area contributed by atoms with Gasteiger partial charge in [-0.25, -0.2) is 0 Å². The highest BCUT2D eigenvalue weighted by molar-refractivity contribution is 5.89. The van der Waals surface area contributed by atoms with E-state index in [2.05, 4.69) is 78.2 Å². The molecule has 0 N–H and O–H groups in total. The Bertz CT molecular complexity index is 999. The molecule has 4 rings (SSSR count). The first-order valence-corrected chi connectivity index (χ1v) is 8.09. The topological polar surface area (TPSA) is 14.2 Å². The van der Waals surface area contributed by atoms with Crippen LogP contribution in [-0.4, -0.2) is 11.7 Å². The highest BCUT2D eigenvalue weighted by atomic mass is 16.5. The number of aromatic nitrogens is 1. The predicted molar refractivity (Wildman–Crippen MR) is 100 cm³/mol. The van der Waals surface area contributed by atoms with E-state index in [1.807, 2.05) is 12.1 Å². The second-order valence-electron chi connectivity index (χ2n) is 5.94. The number of nitrogens with zero attached hydrogens (tertiary/aromatic N) is 1. The average molecular weight is 313 g/mol. The van der Waals surface area contributed by atoms with Gasteiger partial charge in [0, 0.05) is 11.1 Å². The van der Waals surface area contributed by atoms with Crippen LogP contribution in [0.3, 0.4) is 0 Å². The molecular formula is C22H19NO. The lowest BCUT2D eigenvalue weighted by Gasteiger charge is -2.13. The molecule has 2 heteroatoms. The van der Waals surface area contributed by atoms with Crippen LogP contribution in [0, 0.1) is 6.92 Å². The molecule has 24 heavy (non-hydrogen) atoms. The van der Waals surface area contributed by atoms with E-state index < -0.39 is 0 Å². The molecule has 4 aromatic rings. The van der Waals surface area contributed by atoms with Gasteiger partial charge < -0.3 is 9.30 Å². The Kier molecular flexibility index (Phi) is 3.58. The van der Waals surface area contributed by atoms with Gasteiger partial charge in [0.25, 0.3) is 0 Å². The fourth-order valence-electron chi connectivity index (χ4n) is 3.26. The summed E-state index contributed by atoms with van der Waals surface area (Å²) in [5, 5.41) is 1.24. The highest BCUT2D eigenvalue weighted by Gasteiger charge is 2.13. The van der Waals surface area contributed by atoms with E-state index in [1.54, 1.807) is 7.11 Å². The fourth-order valence-corrected chi connectivity index (χ4v) is 3.26. The summed E-state index contributed by atoms with van der Waals surface area (Å²) in [6, 6.07) is 27.6. The SMILES string of the molecule is COc1ccc(-c2cc3ccccc3n2-c2ccccc2)cc1C. The van der Waals surface area contributed by atoms with E-state index in [0.29, 0.717) is 0 Å². The van der Waals surface area contributed by atoms with Crippen LogP contribution in [-0.2, 0) is 0 Å². The van der Waals surface area contributed by atoms with Crippen LogP contribution in [0.2, 0.25) is 0 Å². The highest BCUT2D eigenvalue weighted by Crippen LogP contribution is 2.33. The van der Waals surface area contributed by atoms with Crippen molar-refractivity contribution in [2.75, 3.05) is 7.11 Å². The first-order valence-electron chi connectivity index (χ1n) is 8.09. The Morgan fingerprint density at radius 1 is 0.792 bits per heavy atom. The third kappa shape index (κ3) is 2.37. The maximum Gasteiger partial charge on any atom is 0.121 e. The number of hydrogen-bond donors (Lipinski definition) is 0. The maximum absolute atomic E-state index is 5.40. The van der Waals surface area contributed by atoms with E-state index >= 15 is 0 Å². The van der Waals surface area contributed by atoms with Crippen LogP contribution < -0.4 is 4.74 Å². The molecule has 1 heterocycles. The fraction of sp³-hybridized carbons (Fsp3) is 0.0909. The minimum atomic E-state index is 0.918. The van der Waals surface area contributed by atoms with E-state index in [4.69, 9.17) is 4.74 Å². The molecule has 0 saturated heterocycles. The van der Waals surface area contributed by atoms with Crippen LogP contribution in [0.15, 0.2) is 78.9 Å². The predicted octanol–water partition coefficient (Wildman–Crippen LogP) is 5.61. The van der Waals surface area contributed by atoms with Gasteiger partial charge in [-0.3, -0.25) is 0 Å². The number of fused-ring (bicyclic) bond motifs is 1. The number of hydrogen-bond acceptors (Lipinski definition) is 1. The van der Waals surface area contributed by atoms with Gasteiger partial charge in [0.15, 0.2) is 0 Å². The van der Waals surface area contributed by atoms with Gasteiger partial charge in [0.1, 0.15) is 5.75 Å². The lowest BCUT2D eigenvalue weighted by Crippen LogP contribution is -1.97. The third-order valence-electron chi connectivity index (χ3n) is 4.42. The van der Waals surface area contributed by atoms with E-state index in [-0.39, 0.29) is 0 Å². The van der Waals surface area contributed by atoms with E-state index in [9.17, 15) is 0 Å². The van der Waals surface area contributed by atoms with Crippen molar-refractivity contribution in [1.82, 2.24) is 4.57 Å². The minimum Gasteiger partial charge on any atom is -0.496 e. The Hall–Kier alpha value is -3.00. The van der Waals surface area contributed by atoms with Crippen molar-refractivity contribution in [3.05, 3.63) is 84.4 Å². The van der Waals surface area contributed by atoms with Gasteiger partial charge >= 0.3 is 0 Å². The van der Waals surface area contributed by atoms with Crippen LogP contribution in [0.1, 0.15) is 5.56 Å². The Labute approximate surface area is 141 Å². The van der Waals surface area contributed by atoms with Gasteiger partial charge in [-0.1, -0.05) is 36.4 Å². The normalized spacial score (nSPS) is 10.9. The molecule has 0 atom stereocenters. The second-order valence-corrected chi connectivity index (χ2v) is 5.94. The van der Waals surface area contributed by atoms with Gasteiger partial charge in [0.05, 0.1) is 18.3 Å². The summed E-state index contributed by atoms with van der Waals surface area (Å²) in [6.45, 7) is 2.08. The van der Waals surface area contributed by atoms with Crippen molar-refractivity contribution in [3.63, 3.8) is 0 Å². The lowest BCUT2D eigenvalue weighted by atomic mass is 10.1. The van der Waals surface area contributed by atoms with Crippen LogP contribution in [0.5, 0.6) is 5.75 Å². The molecule has 0 amide bonds. The molecule has 0 aliphatic carbocycles. The van der Waals surface area contributed by atoms with Crippen molar-refractivity contribution in [3.8, 4) is 22.7 Å². The zero-order chi connectivity index (χ0) is 16.5.